The molecule has 0 amide bonds. The Kier molecular flexibility index (Phi) is 19.6. The standard InChI is InChI=1S/2Na.H2O5S2/c;;1-6(2)5-7(3)4/h;;(H,1,2)(H,3,4)/q2*+1;/p-2. The second-order valence-corrected chi connectivity index (χ2v) is 1.84. The van der Waals surface area contributed by atoms with E-state index in [9.17, 15) is 17.5 Å². The second-order valence-electron chi connectivity index (χ2n) is 0.476. The zero-order valence-corrected chi connectivity index (χ0v) is 10.5. The zero-order valence-electron chi connectivity index (χ0n) is 4.86. The van der Waals surface area contributed by atoms with Gasteiger partial charge in [0.2, 0.25) is 0 Å². The molecule has 0 aromatic heterocycles. The molecular weight excluding hydrogens is 190 g/mol. The average molecular weight is 190 g/mol. The van der Waals surface area contributed by atoms with Crippen molar-refractivity contribution in [2.45, 2.75) is 0 Å². The van der Waals surface area contributed by atoms with Crippen molar-refractivity contribution in [1.82, 2.24) is 0 Å². The molecule has 0 N–H and O–H groups in total. The first-order valence-electron chi connectivity index (χ1n) is 1.00. The van der Waals surface area contributed by atoms with E-state index in [1.807, 2.05) is 0 Å². The third-order valence-electron chi connectivity index (χ3n) is 0.111. The van der Waals surface area contributed by atoms with E-state index in [0.29, 0.717) is 0 Å². The third kappa shape index (κ3) is 17.8. The summed E-state index contributed by atoms with van der Waals surface area (Å²) in [5, 5.41) is 0. The molecule has 0 radical (unpaired) electrons. The van der Waals surface area contributed by atoms with E-state index < -0.39 is 22.7 Å². The maximum absolute atomic E-state index is 9.19. The molecule has 0 spiro atoms. The largest absolute Gasteiger partial charge is 1.00 e. The third-order valence-corrected chi connectivity index (χ3v) is 1.00. The summed E-state index contributed by atoms with van der Waals surface area (Å²) >= 11 is -5.92. The van der Waals surface area contributed by atoms with Crippen molar-refractivity contribution in [2.24, 2.45) is 0 Å². The Hall–Kier alpha value is 2.18. The molecule has 0 unspecified atom stereocenters. The molecule has 0 heterocycles. The maximum Gasteiger partial charge on any atom is 1.00 e. The van der Waals surface area contributed by atoms with E-state index in [0.717, 1.165) is 0 Å². The van der Waals surface area contributed by atoms with Crippen molar-refractivity contribution >= 4 is 22.7 Å². The molecule has 0 aliphatic heterocycles. The van der Waals surface area contributed by atoms with Crippen LogP contribution in [0.1, 0.15) is 0 Å². The van der Waals surface area contributed by atoms with Gasteiger partial charge in [-0.3, -0.25) is 0 Å². The minimum absolute atomic E-state index is 0. The Morgan fingerprint density at radius 2 is 1.22 bits per heavy atom. The number of rotatable bonds is 2. The monoisotopic (exact) mass is 190 g/mol. The van der Waals surface area contributed by atoms with Gasteiger partial charge in [0.25, 0.3) is 0 Å². The minimum atomic E-state index is -2.96. The van der Waals surface area contributed by atoms with Crippen LogP contribution in [0, 0.1) is 0 Å². The van der Waals surface area contributed by atoms with Crippen LogP contribution in [-0.4, -0.2) is 17.5 Å². The summed E-state index contributed by atoms with van der Waals surface area (Å²) in [6.45, 7) is 0. The average Bonchev–Trinajstić information content (AvgIpc) is 1.27. The summed E-state index contributed by atoms with van der Waals surface area (Å²) in [6.07, 6.45) is 0. The quantitative estimate of drug-likeness (QED) is 0.318. The molecule has 0 saturated carbocycles. The first kappa shape index (κ1) is 17.3. The molecule has 9 heteroatoms. The Labute approximate surface area is 101 Å². The number of hydrogen-bond donors (Lipinski definition) is 0. The van der Waals surface area contributed by atoms with Crippen LogP contribution in [0.5, 0.6) is 0 Å². The van der Waals surface area contributed by atoms with Gasteiger partial charge in [-0.2, -0.15) is 0 Å². The van der Waals surface area contributed by atoms with Crippen molar-refractivity contribution in [1.29, 1.82) is 0 Å². The summed E-state index contributed by atoms with van der Waals surface area (Å²) in [6, 6.07) is 0. The molecule has 0 fully saturated rings. The van der Waals surface area contributed by atoms with Gasteiger partial charge in [0.05, 0.1) is 22.7 Å². The van der Waals surface area contributed by atoms with Gasteiger partial charge in [-0.1, -0.05) is 0 Å². The van der Waals surface area contributed by atoms with E-state index in [4.69, 9.17) is 0 Å². The van der Waals surface area contributed by atoms with Crippen LogP contribution in [0.4, 0.5) is 0 Å². The van der Waals surface area contributed by atoms with Crippen molar-refractivity contribution in [2.75, 3.05) is 0 Å². The summed E-state index contributed by atoms with van der Waals surface area (Å²) < 4.78 is 39.9. The van der Waals surface area contributed by atoms with Gasteiger partial charge < -0.3 is 9.11 Å². The van der Waals surface area contributed by atoms with Crippen LogP contribution in [0.25, 0.3) is 0 Å². The maximum atomic E-state index is 9.19. The van der Waals surface area contributed by atoms with Crippen molar-refractivity contribution in [3.05, 3.63) is 0 Å². The van der Waals surface area contributed by atoms with Gasteiger partial charge in [-0.15, -0.1) is 0 Å². The Balaban J connectivity index is -0.000000180. The molecule has 44 valence electrons. The summed E-state index contributed by atoms with van der Waals surface area (Å²) in [5.74, 6) is 0. The van der Waals surface area contributed by atoms with Crippen molar-refractivity contribution in [3.8, 4) is 0 Å². The van der Waals surface area contributed by atoms with Gasteiger partial charge in [0.15, 0.2) is 0 Å². The van der Waals surface area contributed by atoms with E-state index in [-0.39, 0.29) is 59.1 Å². The fourth-order valence-corrected chi connectivity index (χ4v) is 0.408. The zero-order chi connectivity index (χ0) is 5.86. The Morgan fingerprint density at radius 3 is 1.22 bits per heavy atom. The Bertz CT molecular complexity index is 89.1. The van der Waals surface area contributed by atoms with E-state index in [1.54, 1.807) is 0 Å². The fourth-order valence-electron chi connectivity index (χ4n) is 0.0454. The Morgan fingerprint density at radius 1 is 1.00 bits per heavy atom. The molecule has 0 aliphatic carbocycles. The first-order chi connectivity index (χ1) is 3.13. The molecule has 0 saturated heterocycles. The van der Waals surface area contributed by atoms with Crippen LogP contribution in [0.15, 0.2) is 0 Å². The molecule has 0 aromatic carbocycles. The molecule has 0 aromatic rings. The summed E-state index contributed by atoms with van der Waals surface area (Å²) in [7, 11) is 0. The van der Waals surface area contributed by atoms with Gasteiger partial charge in [-0.05, 0) is 0 Å². The van der Waals surface area contributed by atoms with E-state index >= 15 is 0 Å². The molecular formula is Na2O5S2. The second kappa shape index (κ2) is 10.2. The molecule has 0 aliphatic rings. The van der Waals surface area contributed by atoms with Crippen LogP contribution in [0.3, 0.4) is 0 Å². The van der Waals surface area contributed by atoms with E-state index in [2.05, 4.69) is 3.63 Å². The van der Waals surface area contributed by atoms with Crippen LogP contribution in [0.2, 0.25) is 0 Å². The van der Waals surface area contributed by atoms with Crippen LogP contribution in [-0.2, 0) is 26.4 Å². The number of hydrogen-bond acceptors (Lipinski definition) is 5. The van der Waals surface area contributed by atoms with Gasteiger partial charge in [-0.25, -0.2) is 12.0 Å². The van der Waals surface area contributed by atoms with Crippen LogP contribution < -0.4 is 59.1 Å². The molecule has 5 nitrogen and oxygen atoms in total. The molecule has 0 rings (SSSR count). The fraction of sp³-hybridized carbons (Fsp3) is 0. The molecule has 0 bridgehead atoms. The van der Waals surface area contributed by atoms with Gasteiger partial charge in [0, 0.05) is 0 Å². The minimum Gasteiger partial charge on any atom is -0.749 e. The van der Waals surface area contributed by atoms with Crippen molar-refractivity contribution < 1.29 is 80.3 Å². The van der Waals surface area contributed by atoms with E-state index in [1.165, 1.54) is 0 Å². The summed E-state index contributed by atoms with van der Waals surface area (Å²) in [4.78, 5) is 0. The smallest absolute Gasteiger partial charge is 0.749 e. The predicted octanol–water partition coefficient (Wildman–Crippen LogP) is -7.40. The first-order valence-corrected chi connectivity index (χ1v) is 3.00. The normalized spacial score (nSPS) is 14.4. The summed E-state index contributed by atoms with van der Waals surface area (Å²) in [5.41, 5.74) is 0. The van der Waals surface area contributed by atoms with Gasteiger partial charge >= 0.3 is 59.1 Å². The van der Waals surface area contributed by atoms with Gasteiger partial charge in [0.1, 0.15) is 0 Å². The molecule has 9 heavy (non-hydrogen) atoms. The van der Waals surface area contributed by atoms with Crippen molar-refractivity contribution in [3.63, 3.8) is 0 Å². The predicted molar refractivity (Wildman–Crippen MR) is 18.9 cm³/mol. The van der Waals surface area contributed by atoms with Crippen LogP contribution >= 0.6 is 0 Å². The SMILES string of the molecule is O=S([O-])OS(=O)[O-].[Na+].[Na+]. The topological polar surface area (TPSA) is 89.5 Å². The molecule has 0 atom stereocenters.